The smallest absolute Gasteiger partial charge is 0.315 e. The summed E-state index contributed by atoms with van der Waals surface area (Å²) in [7, 11) is 1.64. The predicted molar refractivity (Wildman–Crippen MR) is 77.4 cm³/mol. The average Bonchev–Trinajstić information content (AvgIpc) is 2.46. The molecule has 110 valence electrons. The van der Waals surface area contributed by atoms with Gasteiger partial charge in [0, 0.05) is 6.54 Å². The Kier molecular flexibility index (Phi) is 5.09. The predicted octanol–water partition coefficient (Wildman–Crippen LogP) is 2.10. The molecule has 1 heterocycles. The van der Waals surface area contributed by atoms with Gasteiger partial charge >= 0.3 is 6.03 Å². The number of benzene rings is 1. The third-order valence-corrected chi connectivity index (χ3v) is 3.33. The highest BCUT2D eigenvalue weighted by molar-refractivity contribution is 5.74. The molecule has 0 aromatic heterocycles. The minimum absolute atomic E-state index is 0.00349. The summed E-state index contributed by atoms with van der Waals surface area (Å²) in [5, 5.41) is 5.79. The zero-order chi connectivity index (χ0) is 14.4. The fraction of sp³-hybridized carbons (Fsp3) is 0.533. The van der Waals surface area contributed by atoms with Crippen LogP contribution in [0.5, 0.6) is 11.5 Å². The first-order valence-electron chi connectivity index (χ1n) is 7.07. The van der Waals surface area contributed by atoms with Gasteiger partial charge in [-0.1, -0.05) is 13.3 Å². The van der Waals surface area contributed by atoms with E-state index in [2.05, 4.69) is 17.6 Å². The first kappa shape index (κ1) is 14.5. The van der Waals surface area contributed by atoms with Gasteiger partial charge in [0.05, 0.1) is 13.2 Å². The van der Waals surface area contributed by atoms with Crippen molar-refractivity contribution in [2.45, 2.75) is 32.2 Å². The number of carbonyl (C=O) groups is 1. The van der Waals surface area contributed by atoms with E-state index in [9.17, 15) is 4.79 Å². The maximum absolute atomic E-state index is 11.7. The van der Waals surface area contributed by atoms with E-state index in [0.717, 1.165) is 36.3 Å². The number of rotatable bonds is 5. The van der Waals surface area contributed by atoms with Crippen molar-refractivity contribution in [1.82, 2.24) is 10.6 Å². The van der Waals surface area contributed by atoms with E-state index in [-0.39, 0.29) is 12.1 Å². The molecule has 0 fully saturated rings. The molecular weight excluding hydrogens is 256 g/mol. The van der Waals surface area contributed by atoms with Crippen LogP contribution in [0, 0.1) is 0 Å². The van der Waals surface area contributed by atoms with Crippen LogP contribution in [0.4, 0.5) is 4.79 Å². The third kappa shape index (κ3) is 3.79. The second-order valence-corrected chi connectivity index (χ2v) is 4.94. The number of hydrogen-bond acceptors (Lipinski definition) is 3. The SMILES string of the molecule is CCCCNC(=O)N[C@H]1COc2ccc(OC)cc2C1. The van der Waals surface area contributed by atoms with Crippen LogP contribution in [-0.2, 0) is 6.42 Å². The second-order valence-electron chi connectivity index (χ2n) is 4.94. The highest BCUT2D eigenvalue weighted by atomic mass is 16.5. The summed E-state index contributed by atoms with van der Waals surface area (Å²) < 4.78 is 10.9. The van der Waals surface area contributed by atoms with E-state index in [1.807, 2.05) is 18.2 Å². The maximum atomic E-state index is 11.7. The molecule has 2 amide bonds. The molecule has 0 unspecified atom stereocenters. The molecule has 0 bridgehead atoms. The minimum atomic E-state index is -0.126. The summed E-state index contributed by atoms with van der Waals surface area (Å²) >= 11 is 0. The molecule has 2 N–H and O–H groups in total. The lowest BCUT2D eigenvalue weighted by Crippen LogP contribution is -2.47. The lowest BCUT2D eigenvalue weighted by atomic mass is 10.0. The maximum Gasteiger partial charge on any atom is 0.315 e. The molecule has 0 spiro atoms. The van der Waals surface area contributed by atoms with Crippen LogP contribution in [0.15, 0.2) is 18.2 Å². The Morgan fingerprint density at radius 1 is 1.50 bits per heavy atom. The normalized spacial score (nSPS) is 16.8. The largest absolute Gasteiger partial charge is 0.497 e. The fourth-order valence-electron chi connectivity index (χ4n) is 2.21. The number of nitrogens with one attached hydrogen (secondary N) is 2. The van der Waals surface area contributed by atoms with Gasteiger partial charge in [-0.3, -0.25) is 0 Å². The molecule has 1 atom stereocenters. The van der Waals surface area contributed by atoms with Gasteiger partial charge in [0.2, 0.25) is 0 Å². The van der Waals surface area contributed by atoms with Crippen molar-refractivity contribution >= 4 is 6.03 Å². The summed E-state index contributed by atoms with van der Waals surface area (Å²) in [5.74, 6) is 1.68. The summed E-state index contributed by atoms with van der Waals surface area (Å²) in [6.07, 6.45) is 2.82. The number of fused-ring (bicyclic) bond motifs is 1. The van der Waals surface area contributed by atoms with E-state index in [1.165, 1.54) is 0 Å². The van der Waals surface area contributed by atoms with Crippen LogP contribution >= 0.6 is 0 Å². The molecule has 5 nitrogen and oxygen atoms in total. The van der Waals surface area contributed by atoms with Gasteiger partial charge in [0.25, 0.3) is 0 Å². The van der Waals surface area contributed by atoms with Crippen LogP contribution in [0.1, 0.15) is 25.3 Å². The number of ether oxygens (including phenoxy) is 2. The van der Waals surface area contributed by atoms with Crippen LogP contribution < -0.4 is 20.1 Å². The number of hydrogen-bond donors (Lipinski definition) is 2. The van der Waals surface area contributed by atoms with Gasteiger partial charge in [-0.2, -0.15) is 0 Å². The van der Waals surface area contributed by atoms with Crippen LogP contribution in [0.25, 0.3) is 0 Å². The molecule has 1 aromatic rings. The first-order chi connectivity index (χ1) is 9.72. The summed E-state index contributed by atoms with van der Waals surface area (Å²) in [5.41, 5.74) is 1.06. The molecular formula is C15H22N2O3. The first-order valence-corrected chi connectivity index (χ1v) is 7.07. The lowest BCUT2D eigenvalue weighted by molar-refractivity contribution is 0.214. The molecule has 2 rings (SSSR count). The van der Waals surface area contributed by atoms with E-state index in [0.29, 0.717) is 13.2 Å². The minimum Gasteiger partial charge on any atom is -0.497 e. The summed E-state index contributed by atoms with van der Waals surface area (Å²) in [6, 6.07) is 5.61. The molecule has 1 aliphatic rings. The number of carbonyl (C=O) groups excluding carboxylic acids is 1. The molecule has 1 aliphatic heterocycles. The van der Waals surface area contributed by atoms with Crippen molar-refractivity contribution < 1.29 is 14.3 Å². The van der Waals surface area contributed by atoms with Crippen LogP contribution in [-0.4, -0.2) is 32.3 Å². The molecule has 0 radical (unpaired) electrons. The number of amides is 2. The van der Waals surface area contributed by atoms with Gasteiger partial charge in [-0.25, -0.2) is 4.79 Å². The monoisotopic (exact) mass is 278 g/mol. The van der Waals surface area contributed by atoms with Crippen LogP contribution in [0.3, 0.4) is 0 Å². The van der Waals surface area contributed by atoms with Gasteiger partial charge in [-0.15, -0.1) is 0 Å². The van der Waals surface area contributed by atoms with E-state index in [4.69, 9.17) is 9.47 Å². The van der Waals surface area contributed by atoms with E-state index < -0.39 is 0 Å². The van der Waals surface area contributed by atoms with Gasteiger partial charge < -0.3 is 20.1 Å². The van der Waals surface area contributed by atoms with Crippen molar-refractivity contribution in [3.63, 3.8) is 0 Å². The summed E-state index contributed by atoms with van der Waals surface area (Å²) in [4.78, 5) is 11.7. The molecule has 0 aliphatic carbocycles. The lowest BCUT2D eigenvalue weighted by Gasteiger charge is -2.26. The second kappa shape index (κ2) is 7.03. The van der Waals surface area contributed by atoms with Gasteiger partial charge in [0.1, 0.15) is 18.1 Å². The Morgan fingerprint density at radius 3 is 3.10 bits per heavy atom. The number of unbranched alkanes of at least 4 members (excludes halogenated alkanes) is 1. The molecule has 5 heteroatoms. The Hall–Kier alpha value is -1.91. The highest BCUT2D eigenvalue weighted by Gasteiger charge is 2.21. The quantitative estimate of drug-likeness (QED) is 0.811. The van der Waals surface area contributed by atoms with Gasteiger partial charge in [-0.05, 0) is 36.6 Å². The van der Waals surface area contributed by atoms with Crippen molar-refractivity contribution in [3.05, 3.63) is 23.8 Å². The Labute approximate surface area is 119 Å². The third-order valence-electron chi connectivity index (χ3n) is 3.33. The zero-order valence-electron chi connectivity index (χ0n) is 12.1. The average molecular weight is 278 g/mol. The molecule has 0 saturated carbocycles. The van der Waals surface area contributed by atoms with Gasteiger partial charge in [0.15, 0.2) is 0 Å². The molecule has 20 heavy (non-hydrogen) atoms. The molecule has 0 saturated heterocycles. The van der Waals surface area contributed by atoms with Crippen molar-refractivity contribution in [2.24, 2.45) is 0 Å². The van der Waals surface area contributed by atoms with Crippen LogP contribution in [0.2, 0.25) is 0 Å². The Balaban J connectivity index is 1.88. The fourth-order valence-corrected chi connectivity index (χ4v) is 2.21. The standard InChI is InChI=1S/C15H22N2O3/c1-3-4-7-16-15(18)17-12-8-11-9-13(19-2)5-6-14(11)20-10-12/h5-6,9,12H,3-4,7-8,10H2,1-2H3,(H2,16,17,18)/t12-/m1/s1. The van der Waals surface area contributed by atoms with Crippen molar-refractivity contribution in [1.29, 1.82) is 0 Å². The molecule has 1 aromatic carbocycles. The number of methoxy groups -OCH3 is 1. The Morgan fingerprint density at radius 2 is 2.35 bits per heavy atom. The van der Waals surface area contributed by atoms with E-state index >= 15 is 0 Å². The summed E-state index contributed by atoms with van der Waals surface area (Å²) in [6.45, 7) is 3.31. The van der Waals surface area contributed by atoms with Crippen molar-refractivity contribution in [2.75, 3.05) is 20.3 Å². The van der Waals surface area contributed by atoms with E-state index in [1.54, 1.807) is 7.11 Å². The highest BCUT2D eigenvalue weighted by Crippen LogP contribution is 2.28. The van der Waals surface area contributed by atoms with Crippen molar-refractivity contribution in [3.8, 4) is 11.5 Å². The number of urea groups is 1. The Bertz CT molecular complexity index is 462. The topological polar surface area (TPSA) is 59.6 Å². The zero-order valence-corrected chi connectivity index (χ0v) is 12.1.